The molecule has 0 unspecified atom stereocenters. The maximum absolute atomic E-state index is 13.2. The Morgan fingerprint density at radius 1 is 1.15 bits per heavy atom. The summed E-state index contributed by atoms with van der Waals surface area (Å²) in [5.41, 5.74) is 3.03. The van der Waals surface area contributed by atoms with Crippen molar-refractivity contribution in [2.75, 3.05) is 6.54 Å². The summed E-state index contributed by atoms with van der Waals surface area (Å²) in [7, 11) is 1.97. The molecule has 1 aliphatic heterocycles. The molecule has 1 aliphatic rings. The van der Waals surface area contributed by atoms with Gasteiger partial charge in [-0.1, -0.05) is 18.6 Å². The summed E-state index contributed by atoms with van der Waals surface area (Å²) in [6, 6.07) is 9.11. The van der Waals surface area contributed by atoms with Crippen LogP contribution in [0.15, 0.2) is 42.7 Å². The van der Waals surface area contributed by atoms with E-state index in [1.165, 1.54) is 25.0 Å². The van der Waals surface area contributed by atoms with Gasteiger partial charge in [-0.2, -0.15) is 0 Å². The normalized spacial score (nSPS) is 18.0. The molecule has 0 spiro atoms. The van der Waals surface area contributed by atoms with Crippen molar-refractivity contribution in [1.82, 2.24) is 24.4 Å². The molecule has 1 atom stereocenters. The summed E-state index contributed by atoms with van der Waals surface area (Å²) in [4.78, 5) is 16.2. The molecule has 0 N–H and O–H groups in total. The lowest BCUT2D eigenvalue weighted by Gasteiger charge is -2.35. The van der Waals surface area contributed by atoms with E-state index >= 15 is 0 Å². The molecule has 27 heavy (non-hydrogen) atoms. The molecule has 1 fully saturated rings. The third kappa shape index (κ3) is 3.90. The van der Waals surface area contributed by atoms with Gasteiger partial charge in [0.2, 0.25) is 0 Å². The van der Waals surface area contributed by atoms with Gasteiger partial charge in [-0.25, -0.2) is 19.3 Å². The second-order valence-corrected chi connectivity index (χ2v) is 7.20. The summed E-state index contributed by atoms with van der Waals surface area (Å²) in [5, 5.41) is 0. The van der Waals surface area contributed by atoms with Crippen molar-refractivity contribution >= 4 is 0 Å². The number of hydrogen-bond acceptors (Lipinski definition) is 4. The molecule has 4 rings (SSSR count). The molecule has 6 heteroatoms. The zero-order valence-corrected chi connectivity index (χ0v) is 15.8. The fraction of sp³-hybridized carbons (Fsp3) is 0.381. The van der Waals surface area contributed by atoms with Crippen molar-refractivity contribution in [2.24, 2.45) is 7.05 Å². The minimum absolute atomic E-state index is 0.194. The van der Waals surface area contributed by atoms with Gasteiger partial charge in [0.25, 0.3) is 0 Å². The third-order valence-corrected chi connectivity index (χ3v) is 5.16. The Morgan fingerprint density at radius 3 is 2.70 bits per heavy atom. The van der Waals surface area contributed by atoms with Gasteiger partial charge >= 0.3 is 0 Å². The van der Waals surface area contributed by atoms with Crippen LogP contribution in [0.25, 0.3) is 11.5 Å². The second kappa shape index (κ2) is 7.56. The molecule has 1 aromatic carbocycles. The maximum atomic E-state index is 13.2. The van der Waals surface area contributed by atoms with Crippen LogP contribution in [0.4, 0.5) is 4.39 Å². The molecular formula is C21H24FN5. The highest BCUT2D eigenvalue weighted by Crippen LogP contribution is 2.32. The van der Waals surface area contributed by atoms with Gasteiger partial charge in [-0.3, -0.25) is 4.90 Å². The first kappa shape index (κ1) is 17.8. The number of benzene rings is 1. The summed E-state index contributed by atoms with van der Waals surface area (Å²) in [6.07, 6.45) is 7.14. The first-order valence-corrected chi connectivity index (χ1v) is 9.42. The molecule has 0 aliphatic carbocycles. The van der Waals surface area contributed by atoms with E-state index in [2.05, 4.69) is 20.9 Å². The van der Waals surface area contributed by atoms with Crippen LogP contribution in [0.2, 0.25) is 0 Å². The number of nitrogens with zero attached hydrogens (tertiary/aromatic N) is 5. The van der Waals surface area contributed by atoms with E-state index in [1.54, 1.807) is 6.20 Å². The SMILES string of the molecule is Cc1nc(-c2nccn2C)cc([C@@H]2CCCCN2Cc2ccc(F)cc2)n1. The predicted molar refractivity (Wildman–Crippen MR) is 102 cm³/mol. The number of aryl methyl sites for hydroxylation is 2. The van der Waals surface area contributed by atoms with Crippen molar-refractivity contribution in [1.29, 1.82) is 0 Å². The van der Waals surface area contributed by atoms with E-state index in [9.17, 15) is 4.39 Å². The molecule has 0 radical (unpaired) electrons. The second-order valence-electron chi connectivity index (χ2n) is 7.20. The molecule has 3 heterocycles. The van der Waals surface area contributed by atoms with Gasteiger partial charge in [-0.15, -0.1) is 0 Å². The quantitative estimate of drug-likeness (QED) is 0.700. The maximum Gasteiger partial charge on any atom is 0.158 e. The summed E-state index contributed by atoms with van der Waals surface area (Å²) < 4.78 is 15.2. The molecule has 1 saturated heterocycles. The standard InChI is InChI=1S/C21H24FN5/c1-15-24-18(13-19(25-15)21-23-10-12-26(21)2)20-5-3-4-11-27(20)14-16-6-8-17(22)9-7-16/h6-10,12-13,20H,3-5,11,14H2,1-2H3/t20-/m0/s1. The van der Waals surface area contributed by atoms with Crippen molar-refractivity contribution in [3.63, 3.8) is 0 Å². The number of halogens is 1. The Hall–Kier alpha value is -2.60. The van der Waals surface area contributed by atoms with Gasteiger partial charge in [0, 0.05) is 26.0 Å². The van der Waals surface area contributed by atoms with Crippen LogP contribution >= 0.6 is 0 Å². The Balaban J connectivity index is 1.64. The van der Waals surface area contributed by atoms with Crippen LogP contribution in [0.3, 0.4) is 0 Å². The van der Waals surface area contributed by atoms with Crippen LogP contribution in [0.1, 0.15) is 42.4 Å². The predicted octanol–water partition coefficient (Wildman–Crippen LogP) is 4.05. The highest BCUT2D eigenvalue weighted by molar-refractivity contribution is 5.50. The summed E-state index contributed by atoms with van der Waals surface area (Å²) in [5.74, 6) is 1.42. The first-order chi connectivity index (χ1) is 13.1. The molecule has 3 aromatic rings. The topological polar surface area (TPSA) is 46.8 Å². The molecule has 0 saturated carbocycles. The lowest BCUT2D eigenvalue weighted by atomic mass is 9.97. The number of piperidine rings is 1. The number of imidazole rings is 1. The van der Waals surface area contributed by atoms with E-state index in [1.807, 2.05) is 36.9 Å². The average Bonchev–Trinajstić information content (AvgIpc) is 3.09. The molecule has 2 aromatic heterocycles. The van der Waals surface area contributed by atoms with E-state index in [-0.39, 0.29) is 11.9 Å². The van der Waals surface area contributed by atoms with E-state index in [0.29, 0.717) is 0 Å². The van der Waals surface area contributed by atoms with Crippen molar-refractivity contribution in [2.45, 2.75) is 38.8 Å². The monoisotopic (exact) mass is 365 g/mol. The Kier molecular flexibility index (Phi) is 4.99. The largest absolute Gasteiger partial charge is 0.333 e. The Morgan fingerprint density at radius 2 is 1.96 bits per heavy atom. The minimum Gasteiger partial charge on any atom is -0.333 e. The third-order valence-electron chi connectivity index (χ3n) is 5.16. The minimum atomic E-state index is -0.194. The fourth-order valence-electron chi connectivity index (χ4n) is 3.83. The highest BCUT2D eigenvalue weighted by Gasteiger charge is 2.26. The van der Waals surface area contributed by atoms with Crippen molar-refractivity contribution in [3.8, 4) is 11.5 Å². The highest BCUT2D eigenvalue weighted by atomic mass is 19.1. The van der Waals surface area contributed by atoms with Crippen molar-refractivity contribution in [3.05, 3.63) is 65.6 Å². The number of rotatable bonds is 4. The molecular weight excluding hydrogens is 341 g/mol. The zero-order chi connectivity index (χ0) is 18.8. The van der Waals surface area contributed by atoms with Gasteiger partial charge in [-0.05, 0) is 50.1 Å². The van der Waals surface area contributed by atoms with Gasteiger partial charge in [0.1, 0.15) is 17.3 Å². The average molecular weight is 365 g/mol. The van der Waals surface area contributed by atoms with Gasteiger partial charge in [0.15, 0.2) is 5.82 Å². The van der Waals surface area contributed by atoms with E-state index in [4.69, 9.17) is 4.98 Å². The van der Waals surface area contributed by atoms with Crippen LogP contribution in [-0.2, 0) is 13.6 Å². The molecule has 0 amide bonds. The summed E-state index contributed by atoms with van der Waals surface area (Å²) >= 11 is 0. The van der Waals surface area contributed by atoms with Crippen LogP contribution < -0.4 is 0 Å². The Bertz CT molecular complexity index is 919. The smallest absolute Gasteiger partial charge is 0.158 e. The van der Waals surface area contributed by atoms with Gasteiger partial charge < -0.3 is 4.57 Å². The summed E-state index contributed by atoms with van der Waals surface area (Å²) in [6.45, 7) is 3.75. The molecule has 140 valence electrons. The Labute approximate surface area is 158 Å². The van der Waals surface area contributed by atoms with Crippen LogP contribution in [0, 0.1) is 12.7 Å². The molecule has 5 nitrogen and oxygen atoms in total. The lowest BCUT2D eigenvalue weighted by molar-refractivity contribution is 0.137. The van der Waals surface area contributed by atoms with Crippen molar-refractivity contribution < 1.29 is 4.39 Å². The zero-order valence-electron chi connectivity index (χ0n) is 15.8. The van der Waals surface area contributed by atoms with Crippen LogP contribution in [-0.4, -0.2) is 31.0 Å². The molecule has 0 bridgehead atoms. The number of aromatic nitrogens is 4. The van der Waals surface area contributed by atoms with E-state index in [0.717, 1.165) is 48.1 Å². The fourth-order valence-corrected chi connectivity index (χ4v) is 3.83. The lowest BCUT2D eigenvalue weighted by Crippen LogP contribution is -2.33. The van der Waals surface area contributed by atoms with Crippen LogP contribution in [0.5, 0.6) is 0 Å². The number of hydrogen-bond donors (Lipinski definition) is 0. The number of likely N-dealkylation sites (tertiary alicyclic amines) is 1. The van der Waals surface area contributed by atoms with E-state index < -0.39 is 0 Å². The first-order valence-electron chi connectivity index (χ1n) is 9.42. The van der Waals surface area contributed by atoms with Gasteiger partial charge in [0.05, 0.1) is 11.7 Å².